The third kappa shape index (κ3) is 7.34. The monoisotopic (exact) mass is 694 g/mol. The van der Waals surface area contributed by atoms with E-state index in [-0.39, 0.29) is 54.1 Å². The van der Waals surface area contributed by atoms with E-state index in [9.17, 15) is 9.59 Å². The molecule has 0 aliphatic carbocycles. The second-order valence-corrected chi connectivity index (χ2v) is 11.9. The summed E-state index contributed by atoms with van der Waals surface area (Å²) < 4.78 is 21.4. The number of carbonyl (C=O) groups is 2. The van der Waals surface area contributed by atoms with Crippen LogP contribution >= 0.6 is 0 Å². The topological polar surface area (TPSA) is 125 Å². The first-order chi connectivity index (χ1) is 22.5. The molecule has 3 aromatic rings. The average Bonchev–Trinajstić information content (AvgIpc) is 3.77. The second kappa shape index (κ2) is 15.5. The van der Waals surface area contributed by atoms with Gasteiger partial charge in [-0.25, -0.2) is 9.97 Å². The molecule has 8 bridgehead atoms. The molecule has 2 aliphatic rings. The molecule has 2 unspecified atom stereocenters. The zero-order valence-corrected chi connectivity index (χ0v) is 30.1. The van der Waals surface area contributed by atoms with Crippen LogP contribution in [0.25, 0.3) is 44.9 Å². The number of allylic oxidation sites excluding steroid dienone is 2. The molecule has 5 heterocycles. The van der Waals surface area contributed by atoms with Gasteiger partial charge in [0, 0.05) is 32.6 Å². The van der Waals surface area contributed by atoms with Crippen molar-refractivity contribution in [2.24, 2.45) is 0 Å². The van der Waals surface area contributed by atoms with Crippen molar-refractivity contribution in [1.29, 1.82) is 0 Å². The summed E-state index contributed by atoms with van der Waals surface area (Å²) in [4.78, 5) is 44.6. The molecule has 5 rings (SSSR count). The van der Waals surface area contributed by atoms with Crippen LogP contribution < -0.4 is 9.97 Å². The molecule has 0 radical (unpaired) electrons. The number of fused-ring (bicyclic) bond motifs is 8. The minimum atomic E-state index is -0.300. The number of methoxy groups -OCH3 is 4. The van der Waals surface area contributed by atoms with Crippen molar-refractivity contribution in [3.63, 3.8) is 0 Å². The maximum absolute atomic E-state index is 12.2. The molecule has 2 atom stereocenters. The third-order valence-corrected chi connectivity index (χ3v) is 9.20. The van der Waals surface area contributed by atoms with Crippen LogP contribution in [-0.4, -0.2) is 56.4 Å². The Morgan fingerprint density at radius 1 is 0.708 bits per heavy atom. The Morgan fingerprint density at radius 3 is 1.94 bits per heavy atom. The van der Waals surface area contributed by atoms with Crippen LogP contribution in [0.5, 0.6) is 0 Å². The number of rotatable bonds is 10. The maximum Gasteiger partial charge on any atom is 2.00 e. The van der Waals surface area contributed by atoms with Crippen LogP contribution in [0.2, 0.25) is 0 Å². The molecule has 48 heavy (non-hydrogen) atoms. The van der Waals surface area contributed by atoms with E-state index < -0.39 is 0 Å². The van der Waals surface area contributed by atoms with Crippen molar-refractivity contribution in [2.75, 3.05) is 28.4 Å². The fraction of sp³-hybridized carbons (Fsp3) is 0.405. The molecule has 0 saturated heterocycles. The Hall–Kier alpha value is -4.02. The molecule has 254 valence electrons. The Morgan fingerprint density at radius 2 is 1.29 bits per heavy atom. The summed E-state index contributed by atoms with van der Waals surface area (Å²) in [6, 6.07) is 7.89. The number of hydrogen-bond acceptors (Lipinski definition) is 8. The average molecular weight is 695 g/mol. The molecule has 0 amide bonds. The first kappa shape index (κ1) is 36.8. The number of nitrogens with zero attached hydrogens (tertiary/aromatic N) is 4. The van der Waals surface area contributed by atoms with Crippen LogP contribution in [0.15, 0.2) is 24.3 Å². The second-order valence-electron chi connectivity index (χ2n) is 11.9. The van der Waals surface area contributed by atoms with Gasteiger partial charge in [-0.2, -0.15) is 0 Å². The minimum absolute atomic E-state index is 0. The van der Waals surface area contributed by atoms with Gasteiger partial charge in [-0.1, -0.05) is 41.0 Å². The minimum Gasteiger partial charge on any atom is -0.657 e. The summed E-state index contributed by atoms with van der Waals surface area (Å²) in [5, 5.41) is 0. The van der Waals surface area contributed by atoms with Crippen LogP contribution in [0.4, 0.5) is 0 Å². The summed E-state index contributed by atoms with van der Waals surface area (Å²) in [6.45, 7) is 10.0. The zero-order valence-electron chi connectivity index (χ0n) is 29.0. The summed E-state index contributed by atoms with van der Waals surface area (Å²) in [7, 11) is 6.14. The van der Waals surface area contributed by atoms with Crippen LogP contribution in [-0.2, 0) is 52.0 Å². The summed E-state index contributed by atoms with van der Waals surface area (Å²) >= 11 is 0. The van der Waals surface area contributed by atoms with Crippen LogP contribution in [0.1, 0.15) is 91.2 Å². The fourth-order valence-electron chi connectivity index (χ4n) is 6.19. The predicted octanol–water partition coefficient (Wildman–Crippen LogP) is 6.46. The van der Waals surface area contributed by atoms with E-state index in [1.807, 2.05) is 65.0 Å². The molecule has 0 spiro atoms. The van der Waals surface area contributed by atoms with Gasteiger partial charge < -0.3 is 28.9 Å². The van der Waals surface area contributed by atoms with E-state index >= 15 is 0 Å². The van der Waals surface area contributed by atoms with Crippen molar-refractivity contribution in [2.45, 2.75) is 72.5 Å². The van der Waals surface area contributed by atoms with E-state index in [0.717, 1.165) is 72.6 Å². The van der Waals surface area contributed by atoms with Gasteiger partial charge in [-0.3, -0.25) is 9.59 Å². The van der Waals surface area contributed by atoms with Gasteiger partial charge in [0.1, 0.15) is 0 Å². The molecule has 0 aromatic carbocycles. The van der Waals surface area contributed by atoms with Crippen molar-refractivity contribution < 1.29 is 45.6 Å². The summed E-state index contributed by atoms with van der Waals surface area (Å²) in [5.74, 6) is -0.598. The molecule has 0 saturated carbocycles. The van der Waals surface area contributed by atoms with E-state index in [1.54, 1.807) is 14.2 Å². The normalized spacial score (nSPS) is 13.9. The van der Waals surface area contributed by atoms with Gasteiger partial charge in [-0.15, -0.1) is 22.1 Å². The van der Waals surface area contributed by atoms with Crippen LogP contribution in [0, 0.1) is 13.8 Å². The van der Waals surface area contributed by atoms with Crippen LogP contribution in [0.3, 0.4) is 0 Å². The van der Waals surface area contributed by atoms with Gasteiger partial charge in [0.25, 0.3) is 0 Å². The van der Waals surface area contributed by atoms with Gasteiger partial charge in [-0.05, 0) is 70.2 Å². The van der Waals surface area contributed by atoms with Gasteiger partial charge in [0.2, 0.25) is 0 Å². The molecular formula is C37H42FeN4O6. The van der Waals surface area contributed by atoms with Crippen molar-refractivity contribution in [1.82, 2.24) is 19.9 Å². The Bertz CT molecular complexity index is 1950. The quantitative estimate of drug-likeness (QED) is 0.173. The van der Waals surface area contributed by atoms with Crippen molar-refractivity contribution >= 4 is 56.8 Å². The Kier molecular flexibility index (Phi) is 11.9. The Balaban J connectivity index is 0.00000520. The Labute approximate surface area is 291 Å². The van der Waals surface area contributed by atoms with Gasteiger partial charge in [0.05, 0.1) is 49.2 Å². The van der Waals surface area contributed by atoms with E-state index in [0.29, 0.717) is 24.1 Å². The molecule has 0 fully saturated rings. The van der Waals surface area contributed by atoms with Gasteiger partial charge in [0.15, 0.2) is 0 Å². The number of esters is 2. The molecule has 0 N–H and O–H groups in total. The number of ether oxygens (including phenoxy) is 4. The zero-order chi connectivity index (χ0) is 34.0. The van der Waals surface area contributed by atoms with E-state index in [4.69, 9.17) is 38.9 Å². The molecular weight excluding hydrogens is 652 g/mol. The number of carbonyl (C=O) groups excluding carboxylic acids is 2. The standard InChI is InChI=1S/C37H42N4O6.Fe/c1-19-25(10-12-35(42)46-8)31-18-32-26(11-13-36(43)47-9)20(2)29(40-32)17-33-27(22(4)44-6)14-24(38-33)15-34-37(23(5)45-7)21(3)30(41-34)16-28(19)39-31;/h14-18,22-23H,10-13H2,1-9H3;/q-2;+2. The molecule has 3 aromatic heterocycles. The third-order valence-electron chi connectivity index (χ3n) is 9.20. The fourth-order valence-corrected chi connectivity index (χ4v) is 6.19. The maximum atomic E-state index is 12.2. The predicted molar refractivity (Wildman–Crippen MR) is 182 cm³/mol. The molecule has 2 aliphatic heterocycles. The van der Waals surface area contributed by atoms with Crippen molar-refractivity contribution in [3.8, 4) is 0 Å². The number of hydrogen-bond donors (Lipinski definition) is 0. The smallest absolute Gasteiger partial charge is 0.657 e. The van der Waals surface area contributed by atoms with Gasteiger partial charge >= 0.3 is 29.0 Å². The first-order valence-corrected chi connectivity index (χ1v) is 15.7. The van der Waals surface area contributed by atoms with E-state index in [2.05, 4.69) is 0 Å². The largest absolute Gasteiger partial charge is 2.00 e. The molecule has 10 nitrogen and oxygen atoms in total. The summed E-state index contributed by atoms with van der Waals surface area (Å²) in [6.07, 6.45) is 2.89. The number of aromatic nitrogens is 4. The molecule has 11 heteroatoms. The number of aryl methyl sites for hydroxylation is 3. The first-order valence-electron chi connectivity index (χ1n) is 15.7. The van der Waals surface area contributed by atoms with Crippen molar-refractivity contribution in [3.05, 3.63) is 69.3 Å². The van der Waals surface area contributed by atoms with E-state index in [1.165, 1.54) is 14.2 Å². The SMILES string of the molecule is COC(=O)CCC1=C(C)c2cc3[n-]c(cc4nc(cc5[n-]c(cc1n2)c(CCC(=O)OC)c5C)C(C(C)OC)=C4)c(C(C)OC)c3C.[Fe+2]. The summed E-state index contributed by atoms with van der Waals surface area (Å²) in [5.41, 5.74) is 12.6.